The molecule has 0 bridgehead atoms. The van der Waals surface area contributed by atoms with Gasteiger partial charge in [-0.15, -0.1) is 0 Å². The van der Waals surface area contributed by atoms with Crippen LogP contribution in [0.25, 0.3) is 0 Å². The summed E-state index contributed by atoms with van der Waals surface area (Å²) >= 11 is 0. The van der Waals surface area contributed by atoms with Gasteiger partial charge in [0.25, 0.3) is 0 Å². The standard InChI is InChI=1S/C12H17F3N2O3/c1-5-19-8(6(2)3)10-16-11(20-17-10)7(4)9(18)12(13,14)15/h6-8H,5H2,1-4H3. The molecule has 0 radical (unpaired) electrons. The second-order valence-corrected chi connectivity index (χ2v) is 4.69. The van der Waals surface area contributed by atoms with Gasteiger partial charge in [0.15, 0.2) is 0 Å². The highest BCUT2D eigenvalue weighted by Gasteiger charge is 2.44. The van der Waals surface area contributed by atoms with Gasteiger partial charge in [0, 0.05) is 6.61 Å². The first-order valence-corrected chi connectivity index (χ1v) is 6.24. The Balaban J connectivity index is 2.94. The smallest absolute Gasteiger partial charge is 0.370 e. The summed E-state index contributed by atoms with van der Waals surface area (Å²) in [5.41, 5.74) is 0. The molecule has 1 rings (SSSR count). The number of Topliss-reactive ketones (excluding diaryl/α,β-unsaturated/α-hetero) is 1. The topological polar surface area (TPSA) is 65.2 Å². The van der Waals surface area contributed by atoms with Crippen LogP contribution >= 0.6 is 0 Å². The number of carbonyl (C=O) groups is 1. The van der Waals surface area contributed by atoms with Gasteiger partial charge in [0.1, 0.15) is 12.0 Å². The van der Waals surface area contributed by atoms with E-state index in [1.165, 1.54) is 0 Å². The summed E-state index contributed by atoms with van der Waals surface area (Å²) < 4.78 is 47.2. The molecule has 2 atom stereocenters. The number of halogens is 3. The van der Waals surface area contributed by atoms with Gasteiger partial charge < -0.3 is 9.26 Å². The lowest BCUT2D eigenvalue weighted by Crippen LogP contribution is -2.27. The molecular weight excluding hydrogens is 277 g/mol. The minimum atomic E-state index is -4.93. The van der Waals surface area contributed by atoms with Crippen LogP contribution in [-0.4, -0.2) is 28.7 Å². The van der Waals surface area contributed by atoms with Crippen LogP contribution in [0.1, 0.15) is 51.4 Å². The molecule has 0 amide bonds. The summed E-state index contributed by atoms with van der Waals surface area (Å²) in [6.45, 7) is 7.00. The molecule has 0 saturated heterocycles. The fourth-order valence-electron chi connectivity index (χ4n) is 1.64. The number of carbonyl (C=O) groups excluding carboxylic acids is 1. The number of hydrogen-bond donors (Lipinski definition) is 0. The second kappa shape index (κ2) is 6.34. The Morgan fingerprint density at radius 2 is 1.95 bits per heavy atom. The molecule has 1 aromatic rings. The van der Waals surface area contributed by atoms with E-state index in [0.29, 0.717) is 6.61 Å². The Labute approximate surface area is 114 Å². The van der Waals surface area contributed by atoms with Crippen LogP contribution in [0.5, 0.6) is 0 Å². The lowest BCUT2D eigenvalue weighted by atomic mass is 10.1. The molecule has 0 saturated carbocycles. The van der Waals surface area contributed by atoms with Crippen molar-refractivity contribution in [3.63, 3.8) is 0 Å². The second-order valence-electron chi connectivity index (χ2n) is 4.69. The highest BCUT2D eigenvalue weighted by molar-refractivity contribution is 5.89. The predicted octanol–water partition coefficient (Wildman–Crippen LogP) is 3.04. The lowest BCUT2D eigenvalue weighted by Gasteiger charge is -2.16. The van der Waals surface area contributed by atoms with Gasteiger partial charge in [-0.3, -0.25) is 4.79 Å². The number of nitrogens with zero attached hydrogens (tertiary/aromatic N) is 2. The molecule has 0 aromatic carbocycles. The van der Waals surface area contributed by atoms with Crippen molar-refractivity contribution in [2.45, 2.75) is 45.9 Å². The molecule has 1 aromatic heterocycles. The van der Waals surface area contributed by atoms with E-state index in [2.05, 4.69) is 10.1 Å². The van der Waals surface area contributed by atoms with Crippen LogP contribution < -0.4 is 0 Å². The van der Waals surface area contributed by atoms with Crippen molar-refractivity contribution in [2.24, 2.45) is 5.92 Å². The van der Waals surface area contributed by atoms with E-state index in [1.807, 2.05) is 13.8 Å². The van der Waals surface area contributed by atoms with Crippen molar-refractivity contribution in [1.82, 2.24) is 10.1 Å². The Kier molecular flexibility index (Phi) is 5.27. The molecule has 5 nitrogen and oxygen atoms in total. The van der Waals surface area contributed by atoms with Gasteiger partial charge in [-0.2, -0.15) is 18.2 Å². The summed E-state index contributed by atoms with van der Waals surface area (Å²) in [6.07, 6.45) is -5.41. The minimum absolute atomic E-state index is 0.0222. The van der Waals surface area contributed by atoms with Gasteiger partial charge >= 0.3 is 6.18 Å². The van der Waals surface area contributed by atoms with E-state index in [9.17, 15) is 18.0 Å². The summed E-state index contributed by atoms with van der Waals surface area (Å²) in [4.78, 5) is 15.0. The normalized spacial score (nSPS) is 15.4. The minimum Gasteiger partial charge on any atom is -0.370 e. The molecule has 20 heavy (non-hydrogen) atoms. The Bertz CT molecular complexity index is 457. The third kappa shape index (κ3) is 3.78. The molecule has 0 aliphatic rings. The lowest BCUT2D eigenvalue weighted by molar-refractivity contribution is -0.172. The first-order valence-electron chi connectivity index (χ1n) is 6.24. The van der Waals surface area contributed by atoms with Gasteiger partial charge in [-0.1, -0.05) is 19.0 Å². The molecule has 114 valence electrons. The molecule has 0 fully saturated rings. The van der Waals surface area contributed by atoms with Crippen molar-refractivity contribution in [3.8, 4) is 0 Å². The van der Waals surface area contributed by atoms with Gasteiger partial charge in [0.2, 0.25) is 17.5 Å². The number of ether oxygens (including phenoxy) is 1. The maximum atomic E-state index is 12.3. The van der Waals surface area contributed by atoms with Gasteiger partial charge in [0.05, 0.1) is 0 Å². The maximum Gasteiger partial charge on any atom is 0.450 e. The first kappa shape index (κ1) is 16.6. The highest BCUT2D eigenvalue weighted by atomic mass is 19.4. The van der Waals surface area contributed by atoms with Crippen LogP contribution in [0.15, 0.2) is 4.52 Å². The number of aromatic nitrogens is 2. The number of hydrogen-bond acceptors (Lipinski definition) is 5. The van der Waals surface area contributed by atoms with Crippen LogP contribution in [0.4, 0.5) is 13.2 Å². The van der Waals surface area contributed by atoms with E-state index in [-0.39, 0.29) is 17.6 Å². The Hall–Kier alpha value is -1.44. The zero-order chi connectivity index (χ0) is 15.5. The summed E-state index contributed by atoms with van der Waals surface area (Å²) in [5.74, 6) is -3.61. The van der Waals surface area contributed by atoms with E-state index in [0.717, 1.165) is 6.92 Å². The number of alkyl halides is 3. The van der Waals surface area contributed by atoms with Gasteiger partial charge in [-0.05, 0) is 19.8 Å². The maximum absolute atomic E-state index is 12.3. The first-order chi connectivity index (χ1) is 9.18. The molecule has 0 spiro atoms. The zero-order valence-electron chi connectivity index (χ0n) is 11.7. The van der Waals surface area contributed by atoms with Crippen molar-refractivity contribution < 1.29 is 27.2 Å². The third-order valence-corrected chi connectivity index (χ3v) is 2.71. The van der Waals surface area contributed by atoms with Gasteiger partial charge in [-0.25, -0.2) is 0 Å². The quantitative estimate of drug-likeness (QED) is 0.806. The fraction of sp³-hybridized carbons (Fsp3) is 0.750. The number of rotatable bonds is 6. The Morgan fingerprint density at radius 3 is 2.40 bits per heavy atom. The number of ketones is 1. The van der Waals surface area contributed by atoms with Crippen LogP contribution in [0, 0.1) is 5.92 Å². The largest absolute Gasteiger partial charge is 0.450 e. The molecule has 1 heterocycles. The van der Waals surface area contributed by atoms with E-state index in [4.69, 9.17) is 9.26 Å². The van der Waals surface area contributed by atoms with Crippen molar-refractivity contribution in [3.05, 3.63) is 11.7 Å². The SMILES string of the molecule is CCOC(c1noc(C(C)C(=O)C(F)(F)F)n1)C(C)C. The van der Waals surface area contributed by atoms with Crippen molar-refractivity contribution in [2.75, 3.05) is 6.61 Å². The third-order valence-electron chi connectivity index (χ3n) is 2.71. The molecular formula is C12H17F3N2O3. The van der Waals surface area contributed by atoms with Crippen molar-refractivity contribution in [1.29, 1.82) is 0 Å². The van der Waals surface area contributed by atoms with Crippen LogP contribution in [-0.2, 0) is 9.53 Å². The summed E-state index contributed by atoms with van der Waals surface area (Å²) in [5, 5.41) is 3.61. The molecule has 0 aliphatic carbocycles. The van der Waals surface area contributed by atoms with E-state index < -0.39 is 24.0 Å². The fourth-order valence-corrected chi connectivity index (χ4v) is 1.64. The molecule has 0 N–H and O–H groups in total. The van der Waals surface area contributed by atoms with Crippen LogP contribution in [0.2, 0.25) is 0 Å². The van der Waals surface area contributed by atoms with E-state index in [1.54, 1.807) is 6.92 Å². The Morgan fingerprint density at radius 1 is 1.35 bits per heavy atom. The monoisotopic (exact) mass is 294 g/mol. The summed E-state index contributed by atoms with van der Waals surface area (Å²) in [6, 6.07) is 0. The van der Waals surface area contributed by atoms with E-state index >= 15 is 0 Å². The average molecular weight is 294 g/mol. The molecule has 2 unspecified atom stereocenters. The highest BCUT2D eigenvalue weighted by Crippen LogP contribution is 2.29. The molecule has 0 aliphatic heterocycles. The summed E-state index contributed by atoms with van der Waals surface area (Å²) in [7, 11) is 0. The van der Waals surface area contributed by atoms with Crippen LogP contribution in [0.3, 0.4) is 0 Å². The zero-order valence-corrected chi connectivity index (χ0v) is 11.7. The van der Waals surface area contributed by atoms with Crippen molar-refractivity contribution >= 4 is 5.78 Å². The average Bonchev–Trinajstić information content (AvgIpc) is 2.81. The predicted molar refractivity (Wildman–Crippen MR) is 63.0 cm³/mol. The molecule has 8 heteroatoms.